The van der Waals surface area contributed by atoms with Crippen molar-refractivity contribution in [3.8, 4) is 0 Å². The van der Waals surface area contributed by atoms with Gasteiger partial charge in [-0.15, -0.1) is 0 Å². The molecule has 0 fully saturated rings. The zero-order valence-electron chi connectivity index (χ0n) is 14.4. The lowest BCUT2D eigenvalue weighted by atomic mass is 10.2. The number of rotatable bonds is 5. The van der Waals surface area contributed by atoms with E-state index in [4.69, 9.17) is 4.74 Å². The molecule has 1 atom stereocenters. The van der Waals surface area contributed by atoms with Gasteiger partial charge in [0.15, 0.2) is 15.9 Å². The Balaban J connectivity index is 2.12. The highest BCUT2D eigenvalue weighted by atomic mass is 32.2. The van der Waals surface area contributed by atoms with Crippen LogP contribution in [0.3, 0.4) is 0 Å². The Bertz CT molecular complexity index is 956. The minimum atomic E-state index is -3.63. The van der Waals surface area contributed by atoms with Crippen LogP contribution in [0.5, 0.6) is 0 Å². The molecule has 26 heavy (non-hydrogen) atoms. The Morgan fingerprint density at radius 2 is 1.81 bits per heavy atom. The van der Waals surface area contributed by atoms with Crippen LogP contribution >= 0.6 is 0 Å². The second-order valence-corrected chi connectivity index (χ2v) is 7.75. The Labute approximate surface area is 150 Å². The Morgan fingerprint density at radius 1 is 1.15 bits per heavy atom. The van der Waals surface area contributed by atoms with E-state index in [-0.39, 0.29) is 16.1 Å². The largest absolute Gasteiger partial charge is 0.449 e. The fourth-order valence-electron chi connectivity index (χ4n) is 2.15. The molecule has 0 bridgehead atoms. The van der Waals surface area contributed by atoms with Crippen LogP contribution < -0.4 is 5.32 Å². The van der Waals surface area contributed by atoms with Gasteiger partial charge in [-0.3, -0.25) is 4.79 Å². The van der Waals surface area contributed by atoms with Crippen molar-refractivity contribution in [1.82, 2.24) is 0 Å². The average molecular weight is 379 g/mol. The van der Waals surface area contributed by atoms with Crippen LogP contribution in [0.25, 0.3) is 0 Å². The normalized spacial score (nSPS) is 12.3. The Morgan fingerprint density at radius 3 is 2.42 bits per heavy atom. The summed E-state index contributed by atoms with van der Waals surface area (Å²) in [6.07, 6.45) is -0.235. The number of nitrogens with one attached hydrogen (secondary N) is 1. The second kappa shape index (κ2) is 7.65. The molecule has 0 saturated carbocycles. The zero-order chi connectivity index (χ0) is 19.5. The first-order chi connectivity index (χ1) is 12.1. The van der Waals surface area contributed by atoms with Gasteiger partial charge in [-0.25, -0.2) is 17.6 Å². The van der Waals surface area contributed by atoms with Crippen LogP contribution in [0.4, 0.5) is 10.1 Å². The number of carbonyl (C=O) groups excluding carboxylic acids is 2. The molecule has 0 radical (unpaired) electrons. The highest BCUT2D eigenvalue weighted by molar-refractivity contribution is 7.90. The molecule has 0 aliphatic rings. The monoisotopic (exact) mass is 379 g/mol. The summed E-state index contributed by atoms with van der Waals surface area (Å²) < 4.78 is 42.1. The van der Waals surface area contributed by atoms with Crippen LogP contribution in [0.1, 0.15) is 22.8 Å². The van der Waals surface area contributed by atoms with E-state index in [9.17, 15) is 22.4 Å². The van der Waals surface area contributed by atoms with Crippen molar-refractivity contribution in [3.63, 3.8) is 0 Å². The van der Waals surface area contributed by atoms with Crippen molar-refractivity contribution in [2.75, 3.05) is 11.6 Å². The number of esters is 1. The third-order valence-corrected chi connectivity index (χ3v) is 4.75. The number of benzene rings is 2. The molecule has 8 heteroatoms. The summed E-state index contributed by atoms with van der Waals surface area (Å²) in [5.74, 6) is -2.09. The topological polar surface area (TPSA) is 89.5 Å². The predicted molar refractivity (Wildman–Crippen MR) is 94.2 cm³/mol. The zero-order valence-corrected chi connectivity index (χ0v) is 15.3. The van der Waals surface area contributed by atoms with E-state index in [1.807, 2.05) is 0 Å². The maximum absolute atomic E-state index is 13.5. The molecule has 2 rings (SSSR count). The molecule has 2 aromatic carbocycles. The molecule has 1 unspecified atom stereocenters. The van der Waals surface area contributed by atoms with Crippen molar-refractivity contribution >= 4 is 27.4 Å². The Kier molecular flexibility index (Phi) is 5.76. The third-order valence-electron chi connectivity index (χ3n) is 3.60. The van der Waals surface area contributed by atoms with Crippen LogP contribution in [0.15, 0.2) is 47.4 Å². The van der Waals surface area contributed by atoms with Gasteiger partial charge in [0, 0.05) is 11.9 Å². The third kappa shape index (κ3) is 4.66. The maximum Gasteiger partial charge on any atom is 0.340 e. The molecule has 6 nitrogen and oxygen atoms in total. The molecule has 0 saturated heterocycles. The number of aryl methyl sites for hydroxylation is 1. The van der Waals surface area contributed by atoms with Gasteiger partial charge in [-0.2, -0.15) is 0 Å². The van der Waals surface area contributed by atoms with Gasteiger partial charge in [-0.1, -0.05) is 18.2 Å². The second-order valence-electron chi connectivity index (χ2n) is 5.77. The van der Waals surface area contributed by atoms with Crippen molar-refractivity contribution < 1.29 is 27.1 Å². The first kappa shape index (κ1) is 19.6. The maximum atomic E-state index is 13.5. The SMILES string of the molecule is Cc1ccc(NC(=O)C(C)OC(=O)c2ccccc2S(C)(=O)=O)cc1F. The van der Waals surface area contributed by atoms with Gasteiger partial charge in [-0.05, 0) is 43.7 Å². The van der Waals surface area contributed by atoms with E-state index in [2.05, 4.69) is 5.32 Å². The molecular weight excluding hydrogens is 361 g/mol. The Hall–Kier alpha value is -2.74. The van der Waals surface area contributed by atoms with E-state index in [1.165, 1.54) is 43.3 Å². The number of hydrogen-bond donors (Lipinski definition) is 1. The molecule has 138 valence electrons. The van der Waals surface area contributed by atoms with E-state index < -0.39 is 33.6 Å². The fourth-order valence-corrected chi connectivity index (χ4v) is 3.03. The van der Waals surface area contributed by atoms with Gasteiger partial charge in [0.2, 0.25) is 0 Å². The summed E-state index contributed by atoms with van der Waals surface area (Å²) in [4.78, 5) is 24.2. The number of hydrogen-bond acceptors (Lipinski definition) is 5. The minimum Gasteiger partial charge on any atom is -0.449 e. The van der Waals surface area contributed by atoms with Gasteiger partial charge in [0.05, 0.1) is 10.5 Å². The van der Waals surface area contributed by atoms with E-state index in [0.717, 1.165) is 12.3 Å². The van der Waals surface area contributed by atoms with Crippen LogP contribution in [-0.2, 0) is 19.4 Å². The predicted octanol–water partition coefficient (Wildman–Crippen LogP) is 2.72. The van der Waals surface area contributed by atoms with Gasteiger partial charge >= 0.3 is 5.97 Å². The number of carbonyl (C=O) groups is 2. The first-order valence-corrected chi connectivity index (χ1v) is 9.56. The molecule has 1 amide bonds. The van der Waals surface area contributed by atoms with Crippen molar-refractivity contribution in [1.29, 1.82) is 0 Å². The van der Waals surface area contributed by atoms with Crippen LogP contribution in [0, 0.1) is 12.7 Å². The highest BCUT2D eigenvalue weighted by Crippen LogP contribution is 2.18. The standard InChI is InChI=1S/C18H18FNO5S/c1-11-8-9-13(10-15(11)19)20-17(21)12(2)25-18(22)14-6-4-5-7-16(14)26(3,23)24/h4-10,12H,1-3H3,(H,20,21). The van der Waals surface area contributed by atoms with Crippen molar-refractivity contribution in [2.24, 2.45) is 0 Å². The van der Waals surface area contributed by atoms with Crippen molar-refractivity contribution in [3.05, 3.63) is 59.4 Å². The van der Waals surface area contributed by atoms with Crippen LogP contribution in [0.2, 0.25) is 0 Å². The highest BCUT2D eigenvalue weighted by Gasteiger charge is 2.24. The summed E-state index contributed by atoms with van der Waals surface area (Å²) >= 11 is 0. The summed E-state index contributed by atoms with van der Waals surface area (Å²) in [5.41, 5.74) is 0.494. The number of anilines is 1. The van der Waals surface area contributed by atoms with Gasteiger partial charge < -0.3 is 10.1 Å². The fraction of sp³-hybridized carbons (Fsp3) is 0.222. The molecule has 1 N–H and O–H groups in total. The lowest BCUT2D eigenvalue weighted by Gasteiger charge is -2.15. The lowest BCUT2D eigenvalue weighted by molar-refractivity contribution is -0.123. The average Bonchev–Trinajstić information content (AvgIpc) is 2.57. The molecular formula is C18H18FNO5S. The van der Waals surface area contributed by atoms with Crippen LogP contribution in [-0.4, -0.2) is 32.7 Å². The first-order valence-electron chi connectivity index (χ1n) is 7.66. The summed E-state index contributed by atoms with van der Waals surface area (Å²) in [5, 5.41) is 2.44. The van der Waals surface area contributed by atoms with E-state index in [1.54, 1.807) is 6.92 Å². The number of sulfone groups is 1. The lowest BCUT2D eigenvalue weighted by Crippen LogP contribution is -2.30. The summed E-state index contributed by atoms with van der Waals surface area (Å²) in [7, 11) is -3.63. The molecule has 0 aliphatic heterocycles. The molecule has 2 aromatic rings. The summed E-state index contributed by atoms with van der Waals surface area (Å²) in [6, 6.07) is 9.74. The smallest absolute Gasteiger partial charge is 0.340 e. The number of ether oxygens (including phenoxy) is 1. The molecule has 0 aromatic heterocycles. The number of halogens is 1. The summed E-state index contributed by atoms with van der Waals surface area (Å²) in [6.45, 7) is 2.92. The molecule has 0 aliphatic carbocycles. The van der Waals surface area contributed by atoms with Gasteiger partial charge in [0.25, 0.3) is 5.91 Å². The van der Waals surface area contributed by atoms with E-state index >= 15 is 0 Å². The van der Waals surface area contributed by atoms with Crippen molar-refractivity contribution in [2.45, 2.75) is 24.8 Å². The van der Waals surface area contributed by atoms with E-state index in [0.29, 0.717) is 5.56 Å². The quantitative estimate of drug-likeness (QED) is 0.807. The molecule has 0 heterocycles. The molecule has 0 spiro atoms. The number of amides is 1. The minimum absolute atomic E-state index is 0.156. The van der Waals surface area contributed by atoms with Gasteiger partial charge in [0.1, 0.15) is 5.82 Å².